The van der Waals surface area contributed by atoms with Crippen molar-refractivity contribution in [3.05, 3.63) is 0 Å². The number of aliphatic hydroxyl groups is 4. The third-order valence-electron chi connectivity index (χ3n) is 7.87. The lowest BCUT2D eigenvalue weighted by molar-refractivity contribution is -0.0966. The van der Waals surface area contributed by atoms with Gasteiger partial charge in [0.2, 0.25) is 0 Å². The number of aliphatic hydroxyl groups excluding tert-OH is 4. The Labute approximate surface area is 168 Å². The minimum Gasteiger partial charge on any atom is -0.389 e. The number of ether oxygens (including phenoxy) is 1. The Kier molecular flexibility index (Phi) is 6.65. The molecule has 6 nitrogen and oxygen atoms in total. The first kappa shape index (κ1) is 21.0. The summed E-state index contributed by atoms with van der Waals surface area (Å²) in [6, 6.07) is 0. The average molecular weight is 398 g/mol. The average Bonchev–Trinajstić information content (AvgIpc) is 2.72. The van der Waals surface area contributed by atoms with Crippen molar-refractivity contribution < 1.29 is 25.2 Å². The first-order valence-corrected chi connectivity index (χ1v) is 11.5. The van der Waals surface area contributed by atoms with Crippen molar-refractivity contribution >= 4 is 0 Å². The molecule has 0 aromatic heterocycles. The molecule has 1 saturated heterocycles. The summed E-state index contributed by atoms with van der Waals surface area (Å²) in [6.45, 7) is 3.11. The van der Waals surface area contributed by atoms with Gasteiger partial charge in [0, 0.05) is 19.7 Å². The minimum absolute atomic E-state index is 0.289. The van der Waals surface area contributed by atoms with Crippen molar-refractivity contribution in [3.63, 3.8) is 0 Å². The van der Waals surface area contributed by atoms with Crippen molar-refractivity contribution in [2.24, 2.45) is 23.2 Å². The summed E-state index contributed by atoms with van der Waals surface area (Å²) in [5, 5.41) is 39.4. The summed E-state index contributed by atoms with van der Waals surface area (Å²) < 4.78 is 6.13. The van der Waals surface area contributed by atoms with Gasteiger partial charge in [0.25, 0.3) is 0 Å². The second-order valence-corrected chi connectivity index (χ2v) is 10.4. The predicted molar refractivity (Wildman–Crippen MR) is 106 cm³/mol. The number of β-amino-alcohol motifs (C(OH)–C–C–N with tert-alkyl or cyclic N) is 2. The Balaban J connectivity index is 1.10. The molecule has 4 N–H and O–H groups in total. The van der Waals surface area contributed by atoms with Gasteiger partial charge in [0.05, 0.1) is 18.8 Å². The van der Waals surface area contributed by atoms with Crippen molar-refractivity contribution in [1.29, 1.82) is 0 Å². The highest BCUT2D eigenvalue weighted by Gasteiger charge is 2.50. The molecule has 28 heavy (non-hydrogen) atoms. The molecule has 0 spiro atoms. The Morgan fingerprint density at radius 1 is 0.750 bits per heavy atom. The summed E-state index contributed by atoms with van der Waals surface area (Å²) in [5.74, 6) is 2.93. The van der Waals surface area contributed by atoms with Gasteiger partial charge in [0.1, 0.15) is 12.2 Å². The molecular formula is C22H39NO5. The van der Waals surface area contributed by atoms with Crippen LogP contribution in [0.5, 0.6) is 0 Å². The molecular weight excluding hydrogens is 358 g/mol. The van der Waals surface area contributed by atoms with E-state index < -0.39 is 24.4 Å². The molecule has 5 rings (SSSR count). The Bertz CT molecular complexity index is 464. The minimum atomic E-state index is -1.28. The first-order valence-electron chi connectivity index (χ1n) is 11.5. The normalized spacial score (nSPS) is 46.1. The van der Waals surface area contributed by atoms with Crippen LogP contribution in [0.1, 0.15) is 57.8 Å². The fourth-order valence-electron chi connectivity index (χ4n) is 6.93. The number of rotatable bonds is 8. The number of hydrogen-bond acceptors (Lipinski definition) is 6. The molecule has 1 aliphatic heterocycles. The van der Waals surface area contributed by atoms with E-state index in [9.17, 15) is 20.4 Å². The number of nitrogens with zero attached hydrogens (tertiary/aromatic N) is 1. The number of likely N-dealkylation sites (tertiary alicyclic amines) is 1. The quantitative estimate of drug-likeness (QED) is 0.459. The summed E-state index contributed by atoms with van der Waals surface area (Å²) in [5.41, 5.74) is 0.495. The van der Waals surface area contributed by atoms with E-state index in [2.05, 4.69) is 0 Å². The van der Waals surface area contributed by atoms with Crippen LogP contribution in [0.25, 0.3) is 0 Å². The van der Waals surface area contributed by atoms with Crippen molar-refractivity contribution in [3.8, 4) is 0 Å². The van der Waals surface area contributed by atoms with Gasteiger partial charge in [-0.05, 0) is 87.5 Å². The van der Waals surface area contributed by atoms with Gasteiger partial charge in [-0.25, -0.2) is 0 Å². The zero-order valence-corrected chi connectivity index (χ0v) is 17.1. The monoisotopic (exact) mass is 397 g/mol. The number of unbranched alkanes of at least 4 members (excludes halogenated alkanes) is 2. The lowest BCUT2D eigenvalue weighted by atomic mass is 9.50. The van der Waals surface area contributed by atoms with Crippen LogP contribution in [0.3, 0.4) is 0 Å². The van der Waals surface area contributed by atoms with E-state index in [0.29, 0.717) is 5.41 Å². The van der Waals surface area contributed by atoms with E-state index >= 15 is 0 Å². The maximum Gasteiger partial charge on any atom is 0.110 e. The van der Waals surface area contributed by atoms with Crippen LogP contribution in [0.2, 0.25) is 0 Å². The predicted octanol–water partition coefficient (Wildman–Crippen LogP) is 1.15. The van der Waals surface area contributed by atoms with E-state index in [1.165, 1.54) is 38.5 Å². The highest BCUT2D eigenvalue weighted by molar-refractivity contribution is 5.01. The van der Waals surface area contributed by atoms with E-state index in [1.54, 1.807) is 0 Å². The molecule has 4 saturated carbocycles. The molecule has 162 valence electrons. The van der Waals surface area contributed by atoms with E-state index in [1.807, 2.05) is 4.90 Å². The van der Waals surface area contributed by atoms with Crippen LogP contribution in [-0.2, 0) is 4.74 Å². The largest absolute Gasteiger partial charge is 0.389 e. The van der Waals surface area contributed by atoms with E-state index in [-0.39, 0.29) is 13.1 Å². The Morgan fingerprint density at radius 3 is 1.82 bits per heavy atom. The van der Waals surface area contributed by atoms with Crippen molar-refractivity contribution in [2.75, 3.05) is 32.8 Å². The third-order valence-corrected chi connectivity index (χ3v) is 7.87. The van der Waals surface area contributed by atoms with Crippen molar-refractivity contribution in [2.45, 2.75) is 82.2 Å². The molecule has 0 aromatic carbocycles. The Morgan fingerprint density at radius 2 is 1.29 bits per heavy atom. The molecule has 4 atom stereocenters. The van der Waals surface area contributed by atoms with E-state index in [4.69, 9.17) is 4.74 Å². The summed E-state index contributed by atoms with van der Waals surface area (Å²) in [6.07, 6.45) is 7.09. The standard InChI is InChI=1S/C22H39NO5/c24-18-12-23(13-19(25)21(27)20(18)26)4-2-1-3-5-28-14-22-9-15-6-16(10-22)8-17(7-15)11-22/h15-21,24-27H,1-14H2/t15?,16?,17?,18-,19-,20-,21-,22?/m1/s1. The zero-order valence-electron chi connectivity index (χ0n) is 17.1. The smallest absolute Gasteiger partial charge is 0.110 e. The van der Waals surface area contributed by atoms with Crippen LogP contribution in [0, 0.1) is 23.2 Å². The lowest BCUT2D eigenvalue weighted by Gasteiger charge is -2.56. The zero-order chi connectivity index (χ0) is 19.7. The maximum atomic E-state index is 9.92. The molecule has 6 heteroatoms. The molecule has 0 amide bonds. The van der Waals surface area contributed by atoms with Gasteiger partial charge in [-0.15, -0.1) is 0 Å². The first-order chi connectivity index (χ1) is 13.4. The Hall–Kier alpha value is -0.240. The second kappa shape index (κ2) is 8.86. The van der Waals surface area contributed by atoms with Gasteiger partial charge in [-0.3, -0.25) is 4.90 Å². The van der Waals surface area contributed by atoms with Crippen molar-refractivity contribution in [1.82, 2.24) is 4.90 Å². The topological polar surface area (TPSA) is 93.4 Å². The number of hydrogen-bond donors (Lipinski definition) is 4. The van der Waals surface area contributed by atoms with Gasteiger partial charge < -0.3 is 25.2 Å². The van der Waals surface area contributed by atoms with Crippen LogP contribution < -0.4 is 0 Å². The maximum absolute atomic E-state index is 9.92. The molecule has 0 aromatic rings. The lowest BCUT2D eigenvalue weighted by Crippen LogP contribution is -2.48. The fraction of sp³-hybridized carbons (Fsp3) is 1.00. The van der Waals surface area contributed by atoms with Crippen LogP contribution >= 0.6 is 0 Å². The SMILES string of the molecule is O[C@H]1[C@H](O)[C@H](O)CN(CCCCCOCC23CC4CC(CC(C4)C2)C3)C[C@H]1O. The van der Waals surface area contributed by atoms with Gasteiger partial charge in [0.15, 0.2) is 0 Å². The van der Waals surface area contributed by atoms with Crippen LogP contribution in [-0.4, -0.2) is 82.6 Å². The molecule has 1 heterocycles. The molecule has 5 aliphatic rings. The van der Waals surface area contributed by atoms with Gasteiger partial charge >= 0.3 is 0 Å². The molecule has 5 fully saturated rings. The van der Waals surface area contributed by atoms with Gasteiger partial charge in [-0.1, -0.05) is 0 Å². The second-order valence-electron chi connectivity index (χ2n) is 10.4. The summed E-state index contributed by atoms with van der Waals surface area (Å²) >= 11 is 0. The molecule has 0 unspecified atom stereocenters. The molecule has 4 bridgehead atoms. The molecule has 0 radical (unpaired) electrons. The highest BCUT2D eigenvalue weighted by Crippen LogP contribution is 2.60. The highest BCUT2D eigenvalue weighted by atomic mass is 16.5. The van der Waals surface area contributed by atoms with Crippen LogP contribution in [0.15, 0.2) is 0 Å². The summed E-state index contributed by atoms with van der Waals surface area (Å²) in [7, 11) is 0. The third kappa shape index (κ3) is 4.73. The summed E-state index contributed by atoms with van der Waals surface area (Å²) in [4.78, 5) is 1.94. The van der Waals surface area contributed by atoms with Gasteiger partial charge in [-0.2, -0.15) is 0 Å². The molecule has 4 aliphatic carbocycles. The fourth-order valence-corrected chi connectivity index (χ4v) is 6.93. The van der Waals surface area contributed by atoms with E-state index in [0.717, 1.165) is 56.8 Å². The van der Waals surface area contributed by atoms with Crippen LogP contribution in [0.4, 0.5) is 0 Å².